The minimum Gasteiger partial charge on any atom is -0.505 e. The van der Waals surface area contributed by atoms with Crippen LogP contribution in [0.1, 0.15) is 12.6 Å². The highest BCUT2D eigenvalue weighted by molar-refractivity contribution is 7.13. The van der Waals surface area contributed by atoms with E-state index in [2.05, 4.69) is 16.9 Å². The maximum Gasteiger partial charge on any atom is 0.152 e. The van der Waals surface area contributed by atoms with Gasteiger partial charge in [-0.3, -0.25) is 0 Å². The summed E-state index contributed by atoms with van der Waals surface area (Å²) >= 11 is 1.48. The molecule has 1 N–H and O–H groups in total. The quantitative estimate of drug-likeness (QED) is 0.761. The molecule has 0 bridgehead atoms. The summed E-state index contributed by atoms with van der Waals surface area (Å²) in [6.07, 6.45) is 2.56. The molecule has 3 nitrogen and oxygen atoms in total. The van der Waals surface area contributed by atoms with E-state index in [-0.39, 0.29) is 5.75 Å². The van der Waals surface area contributed by atoms with Crippen molar-refractivity contribution in [3.05, 3.63) is 41.5 Å². The summed E-state index contributed by atoms with van der Waals surface area (Å²) in [6.45, 7) is 2.07. The van der Waals surface area contributed by atoms with E-state index >= 15 is 0 Å². The first-order valence-electron chi connectivity index (χ1n) is 5.81. The van der Waals surface area contributed by atoms with Gasteiger partial charge in [-0.15, -0.1) is 11.3 Å². The molecule has 0 unspecified atom stereocenters. The van der Waals surface area contributed by atoms with E-state index in [0.717, 1.165) is 27.9 Å². The number of aromatic nitrogens is 2. The van der Waals surface area contributed by atoms with Gasteiger partial charge in [0.2, 0.25) is 0 Å². The minimum absolute atomic E-state index is 0.220. The molecule has 0 aliphatic heterocycles. The van der Waals surface area contributed by atoms with Crippen LogP contribution in [0.2, 0.25) is 0 Å². The van der Waals surface area contributed by atoms with Gasteiger partial charge in [0.05, 0.1) is 0 Å². The fourth-order valence-corrected chi connectivity index (χ4v) is 2.70. The highest BCUT2D eigenvalue weighted by Crippen LogP contribution is 2.36. The Morgan fingerprint density at radius 1 is 1.22 bits per heavy atom. The van der Waals surface area contributed by atoms with Crippen molar-refractivity contribution in [1.29, 1.82) is 0 Å². The van der Waals surface area contributed by atoms with Crippen LogP contribution in [-0.2, 0) is 6.42 Å². The van der Waals surface area contributed by atoms with Gasteiger partial charge in [-0.25, -0.2) is 9.97 Å². The molecule has 1 aromatic carbocycles. The molecule has 0 amide bonds. The van der Waals surface area contributed by atoms with Crippen LogP contribution in [0.5, 0.6) is 5.75 Å². The molecule has 0 fully saturated rings. The Bertz CT molecular complexity index is 692. The lowest BCUT2D eigenvalue weighted by Gasteiger charge is -2.09. The van der Waals surface area contributed by atoms with Crippen molar-refractivity contribution in [3.63, 3.8) is 0 Å². The van der Waals surface area contributed by atoms with Gasteiger partial charge in [-0.05, 0) is 6.42 Å². The molecule has 0 spiro atoms. The fourth-order valence-electron chi connectivity index (χ4n) is 2.08. The molecule has 2 aromatic heterocycles. The largest absolute Gasteiger partial charge is 0.505 e. The molecule has 3 aromatic rings. The molecule has 90 valence electrons. The fraction of sp³-hybridized carbons (Fsp3) is 0.143. The number of pyridine rings is 1. The van der Waals surface area contributed by atoms with E-state index in [1.807, 2.05) is 29.6 Å². The summed E-state index contributed by atoms with van der Waals surface area (Å²) in [5.41, 5.74) is 1.58. The van der Waals surface area contributed by atoms with Crippen molar-refractivity contribution >= 4 is 22.1 Å². The second-order valence-electron chi connectivity index (χ2n) is 3.99. The molecular formula is C14H12N2OS. The number of nitrogens with zero attached hydrogens (tertiary/aromatic N) is 2. The van der Waals surface area contributed by atoms with Gasteiger partial charge in [-0.2, -0.15) is 0 Å². The Kier molecular flexibility index (Phi) is 2.72. The second-order valence-corrected chi connectivity index (χ2v) is 4.89. The third kappa shape index (κ3) is 1.66. The van der Waals surface area contributed by atoms with Crippen LogP contribution in [-0.4, -0.2) is 15.1 Å². The number of benzene rings is 1. The lowest BCUT2D eigenvalue weighted by Crippen LogP contribution is -1.94. The first-order valence-corrected chi connectivity index (χ1v) is 6.69. The summed E-state index contributed by atoms with van der Waals surface area (Å²) in [5, 5.41) is 14.8. The van der Waals surface area contributed by atoms with Crippen LogP contribution in [0.4, 0.5) is 0 Å². The standard InChI is InChI=1S/C14H12N2OS/c1-2-11-9-5-3-4-6-10(9)13(17)12(16-11)14-15-7-8-18-14/h3-8,17H,2H2,1H3. The maximum absolute atomic E-state index is 10.3. The van der Waals surface area contributed by atoms with Crippen molar-refractivity contribution in [2.75, 3.05) is 0 Å². The zero-order valence-electron chi connectivity index (χ0n) is 9.92. The van der Waals surface area contributed by atoms with Crippen molar-refractivity contribution in [2.45, 2.75) is 13.3 Å². The Labute approximate surface area is 109 Å². The van der Waals surface area contributed by atoms with Gasteiger partial charge in [0, 0.05) is 28.0 Å². The Morgan fingerprint density at radius 3 is 2.67 bits per heavy atom. The SMILES string of the molecule is CCc1nc(-c2nccs2)c(O)c2ccccc12. The van der Waals surface area contributed by atoms with Gasteiger partial charge < -0.3 is 5.11 Å². The monoisotopic (exact) mass is 256 g/mol. The number of aryl methyl sites for hydroxylation is 1. The smallest absolute Gasteiger partial charge is 0.152 e. The number of hydrogen-bond donors (Lipinski definition) is 1. The predicted octanol–water partition coefficient (Wildman–Crippen LogP) is 3.63. The molecule has 18 heavy (non-hydrogen) atoms. The first-order chi connectivity index (χ1) is 8.81. The number of rotatable bonds is 2. The number of thiazole rings is 1. The second kappa shape index (κ2) is 4.38. The molecule has 0 aliphatic carbocycles. The van der Waals surface area contributed by atoms with Gasteiger partial charge in [0.25, 0.3) is 0 Å². The Balaban J connectivity index is 2.37. The van der Waals surface area contributed by atoms with E-state index < -0.39 is 0 Å². The predicted molar refractivity (Wildman–Crippen MR) is 73.9 cm³/mol. The van der Waals surface area contributed by atoms with Crippen molar-refractivity contribution in [1.82, 2.24) is 9.97 Å². The average molecular weight is 256 g/mol. The molecule has 2 heterocycles. The Hall–Kier alpha value is -1.94. The van der Waals surface area contributed by atoms with Crippen molar-refractivity contribution in [2.24, 2.45) is 0 Å². The van der Waals surface area contributed by atoms with Crippen molar-refractivity contribution in [3.8, 4) is 16.5 Å². The van der Waals surface area contributed by atoms with Crippen LogP contribution in [0, 0.1) is 0 Å². The molecule has 0 saturated carbocycles. The minimum atomic E-state index is 0.220. The first kappa shape index (κ1) is 11.2. The van der Waals surface area contributed by atoms with E-state index in [0.29, 0.717) is 5.69 Å². The summed E-state index contributed by atoms with van der Waals surface area (Å²) < 4.78 is 0. The lowest BCUT2D eigenvalue weighted by molar-refractivity contribution is 0.481. The van der Waals surface area contributed by atoms with Crippen LogP contribution in [0.15, 0.2) is 35.8 Å². The van der Waals surface area contributed by atoms with Gasteiger partial charge >= 0.3 is 0 Å². The topological polar surface area (TPSA) is 46.0 Å². The van der Waals surface area contributed by atoms with Crippen LogP contribution in [0.25, 0.3) is 21.5 Å². The third-order valence-corrected chi connectivity index (χ3v) is 3.71. The van der Waals surface area contributed by atoms with Gasteiger partial charge in [0.1, 0.15) is 10.7 Å². The van der Waals surface area contributed by atoms with Gasteiger partial charge in [0.15, 0.2) is 5.75 Å². The van der Waals surface area contributed by atoms with Crippen LogP contribution in [0.3, 0.4) is 0 Å². The van der Waals surface area contributed by atoms with Crippen molar-refractivity contribution < 1.29 is 5.11 Å². The molecular weight excluding hydrogens is 244 g/mol. The number of fused-ring (bicyclic) bond motifs is 1. The van der Waals surface area contributed by atoms with E-state index in [1.54, 1.807) is 6.20 Å². The maximum atomic E-state index is 10.3. The molecule has 3 rings (SSSR count). The molecule has 0 saturated heterocycles. The zero-order valence-corrected chi connectivity index (χ0v) is 10.7. The normalized spacial score (nSPS) is 10.9. The molecule has 0 radical (unpaired) electrons. The summed E-state index contributed by atoms with van der Waals surface area (Å²) in [7, 11) is 0. The third-order valence-electron chi connectivity index (χ3n) is 2.93. The summed E-state index contributed by atoms with van der Waals surface area (Å²) in [6, 6.07) is 7.80. The van der Waals surface area contributed by atoms with E-state index in [9.17, 15) is 5.11 Å². The van der Waals surface area contributed by atoms with E-state index in [4.69, 9.17) is 0 Å². The average Bonchev–Trinajstić information content (AvgIpc) is 2.93. The number of aromatic hydroxyl groups is 1. The lowest BCUT2D eigenvalue weighted by atomic mass is 10.1. The molecule has 4 heteroatoms. The Morgan fingerprint density at radius 2 is 2.00 bits per heavy atom. The summed E-state index contributed by atoms with van der Waals surface area (Å²) in [4.78, 5) is 8.78. The zero-order chi connectivity index (χ0) is 12.5. The molecule has 0 atom stereocenters. The highest BCUT2D eigenvalue weighted by Gasteiger charge is 2.15. The molecule has 0 aliphatic rings. The van der Waals surface area contributed by atoms with Gasteiger partial charge in [-0.1, -0.05) is 31.2 Å². The van der Waals surface area contributed by atoms with Crippen LogP contribution >= 0.6 is 11.3 Å². The van der Waals surface area contributed by atoms with E-state index in [1.165, 1.54) is 11.3 Å². The highest BCUT2D eigenvalue weighted by atomic mass is 32.1. The van der Waals surface area contributed by atoms with Crippen LogP contribution < -0.4 is 0 Å². The number of hydrogen-bond acceptors (Lipinski definition) is 4. The summed E-state index contributed by atoms with van der Waals surface area (Å²) in [5.74, 6) is 0.220.